The monoisotopic (exact) mass is 449 g/mol. The number of benzene rings is 1. The molecule has 2 bridgehead atoms. The fourth-order valence-corrected chi connectivity index (χ4v) is 4.62. The molecule has 0 radical (unpaired) electrons. The lowest BCUT2D eigenvalue weighted by Gasteiger charge is -2.13. The maximum Gasteiger partial charge on any atom is 0.312 e. The Balaban J connectivity index is 1.35. The van der Waals surface area contributed by atoms with E-state index in [4.69, 9.17) is 4.74 Å². The molecule has 1 aromatic heterocycles. The quantitative estimate of drug-likeness (QED) is 0.214. The standard InChI is InChI=1S/C21H15N5O7/c27-20-18-12-2-3-13(8-12)19(18)21(28)24(20)23-9-11-1-5-16(15(7-11)26(31)32)33-17-6-4-14(10-22-17)25(29)30/h1-7,9-10,12-13,18-19H,8H2. The van der Waals surface area contributed by atoms with E-state index in [-0.39, 0.29) is 58.4 Å². The van der Waals surface area contributed by atoms with Crippen LogP contribution in [0.4, 0.5) is 11.4 Å². The van der Waals surface area contributed by atoms with Crippen LogP contribution < -0.4 is 4.74 Å². The van der Waals surface area contributed by atoms with E-state index in [9.17, 15) is 29.8 Å². The number of hydrogen-bond donors (Lipinski definition) is 0. The van der Waals surface area contributed by atoms with Gasteiger partial charge in [-0.25, -0.2) is 4.98 Å². The summed E-state index contributed by atoms with van der Waals surface area (Å²) in [7, 11) is 0. The molecule has 1 saturated heterocycles. The van der Waals surface area contributed by atoms with E-state index >= 15 is 0 Å². The smallest absolute Gasteiger partial charge is 0.312 e. The van der Waals surface area contributed by atoms with Gasteiger partial charge in [0.05, 0.1) is 27.9 Å². The van der Waals surface area contributed by atoms with Crippen LogP contribution >= 0.6 is 0 Å². The molecule has 4 atom stereocenters. The molecule has 166 valence electrons. The first kappa shape index (κ1) is 20.4. The number of carbonyl (C=O) groups is 2. The summed E-state index contributed by atoms with van der Waals surface area (Å²) in [6.45, 7) is 0. The van der Waals surface area contributed by atoms with E-state index < -0.39 is 15.5 Å². The van der Waals surface area contributed by atoms with Gasteiger partial charge in [0, 0.05) is 23.8 Å². The van der Waals surface area contributed by atoms with E-state index in [2.05, 4.69) is 10.1 Å². The lowest BCUT2D eigenvalue weighted by Crippen LogP contribution is -2.28. The van der Waals surface area contributed by atoms with E-state index in [1.165, 1.54) is 30.5 Å². The largest absolute Gasteiger partial charge is 0.432 e. The van der Waals surface area contributed by atoms with Crippen LogP contribution in [-0.2, 0) is 9.59 Å². The van der Waals surface area contributed by atoms with Crippen molar-refractivity contribution in [1.82, 2.24) is 9.99 Å². The summed E-state index contributed by atoms with van der Waals surface area (Å²) in [5.41, 5.74) is -0.371. The number of pyridine rings is 1. The topological polar surface area (TPSA) is 158 Å². The van der Waals surface area contributed by atoms with Crippen LogP contribution in [0.5, 0.6) is 11.6 Å². The van der Waals surface area contributed by atoms with Gasteiger partial charge in [0.15, 0.2) is 0 Å². The SMILES string of the molecule is O=C1C2C3C=CC(C3)C2C(=O)N1N=Cc1ccc(Oc2ccc([N+](=O)[O-])cn2)c([N+](=O)[O-])c1. The van der Waals surface area contributed by atoms with E-state index in [0.717, 1.165) is 23.7 Å². The molecule has 2 aliphatic carbocycles. The zero-order valence-corrected chi connectivity index (χ0v) is 16.8. The van der Waals surface area contributed by atoms with Gasteiger partial charge in [-0.2, -0.15) is 10.1 Å². The highest BCUT2D eigenvalue weighted by Crippen LogP contribution is 2.52. The number of hydrogen-bond acceptors (Lipinski definition) is 9. The van der Waals surface area contributed by atoms with Gasteiger partial charge in [-0.15, -0.1) is 0 Å². The van der Waals surface area contributed by atoms with Crippen molar-refractivity contribution < 1.29 is 24.2 Å². The highest BCUT2D eigenvalue weighted by atomic mass is 16.6. The van der Waals surface area contributed by atoms with Crippen LogP contribution in [0.25, 0.3) is 0 Å². The summed E-state index contributed by atoms with van der Waals surface area (Å²) in [6, 6.07) is 6.35. The molecule has 12 heteroatoms. The molecular formula is C21H15N5O7. The molecule has 2 amide bonds. The van der Waals surface area contributed by atoms with Crippen molar-refractivity contribution >= 4 is 29.4 Å². The van der Waals surface area contributed by atoms with Gasteiger partial charge in [-0.3, -0.25) is 29.8 Å². The first-order chi connectivity index (χ1) is 15.8. The van der Waals surface area contributed by atoms with Gasteiger partial charge in [0.2, 0.25) is 11.6 Å². The van der Waals surface area contributed by atoms with Crippen LogP contribution in [0, 0.1) is 43.9 Å². The van der Waals surface area contributed by atoms with Crippen LogP contribution in [0.3, 0.4) is 0 Å². The molecule has 3 aliphatic rings. The second kappa shape index (κ2) is 7.58. The van der Waals surface area contributed by atoms with Crippen molar-refractivity contribution in [2.45, 2.75) is 6.42 Å². The third kappa shape index (κ3) is 3.41. The zero-order valence-electron chi connectivity index (χ0n) is 16.8. The van der Waals surface area contributed by atoms with Gasteiger partial charge in [0.1, 0.15) is 6.20 Å². The Morgan fingerprint density at radius 1 is 1.03 bits per heavy atom. The molecule has 33 heavy (non-hydrogen) atoms. The zero-order chi connectivity index (χ0) is 23.3. The van der Waals surface area contributed by atoms with Crippen molar-refractivity contribution in [1.29, 1.82) is 0 Å². The fraction of sp³-hybridized carbons (Fsp3) is 0.238. The summed E-state index contributed by atoms with van der Waals surface area (Å²) in [6.07, 6.45) is 6.95. The number of nitrogens with zero attached hydrogens (tertiary/aromatic N) is 5. The molecule has 2 aromatic rings. The van der Waals surface area contributed by atoms with Gasteiger partial charge in [-0.05, 0) is 30.4 Å². The van der Waals surface area contributed by atoms with Crippen molar-refractivity contribution in [3.63, 3.8) is 0 Å². The molecular weight excluding hydrogens is 434 g/mol. The summed E-state index contributed by atoms with van der Waals surface area (Å²) < 4.78 is 5.41. The number of allylic oxidation sites excluding steroid dienone is 2. The number of amides is 2. The molecule has 12 nitrogen and oxygen atoms in total. The van der Waals surface area contributed by atoms with E-state index in [1.54, 1.807) is 0 Å². The lowest BCUT2D eigenvalue weighted by molar-refractivity contribution is -0.385. The predicted molar refractivity (Wildman–Crippen MR) is 111 cm³/mol. The first-order valence-electron chi connectivity index (χ1n) is 10.0. The third-order valence-electron chi connectivity index (χ3n) is 6.10. The van der Waals surface area contributed by atoms with E-state index in [1.807, 2.05) is 12.2 Å². The molecule has 1 aromatic carbocycles. The van der Waals surface area contributed by atoms with E-state index in [0.29, 0.717) is 0 Å². The van der Waals surface area contributed by atoms with Crippen molar-refractivity contribution in [2.75, 3.05) is 0 Å². The summed E-state index contributed by atoms with van der Waals surface area (Å²) >= 11 is 0. The third-order valence-corrected chi connectivity index (χ3v) is 6.10. The van der Waals surface area contributed by atoms with Crippen LogP contribution in [0.15, 0.2) is 53.8 Å². The number of nitro groups is 2. The minimum absolute atomic E-state index is 0.0576. The van der Waals surface area contributed by atoms with Crippen molar-refractivity contribution in [3.8, 4) is 11.6 Å². The van der Waals surface area contributed by atoms with Gasteiger partial charge in [-0.1, -0.05) is 12.2 Å². The van der Waals surface area contributed by atoms with Crippen molar-refractivity contribution in [3.05, 3.63) is 74.5 Å². The second-order valence-corrected chi connectivity index (χ2v) is 7.93. The Labute approximate surface area is 185 Å². The Morgan fingerprint density at radius 3 is 2.30 bits per heavy atom. The van der Waals surface area contributed by atoms with Gasteiger partial charge < -0.3 is 4.74 Å². The number of carbonyl (C=O) groups excluding carboxylic acids is 2. The van der Waals surface area contributed by atoms with Crippen LogP contribution in [0.2, 0.25) is 0 Å². The molecule has 0 N–H and O–H groups in total. The highest BCUT2D eigenvalue weighted by Gasteiger charge is 2.59. The molecule has 0 spiro atoms. The number of nitro benzene ring substituents is 1. The Bertz CT molecular complexity index is 1230. The average Bonchev–Trinajstić information content (AvgIpc) is 3.47. The predicted octanol–water partition coefficient (Wildman–Crippen LogP) is 2.83. The Hall–Kier alpha value is -4.48. The molecule has 4 unspecified atom stereocenters. The average molecular weight is 449 g/mol. The second-order valence-electron chi connectivity index (χ2n) is 7.93. The van der Waals surface area contributed by atoms with Crippen LogP contribution in [0.1, 0.15) is 12.0 Å². The molecule has 1 saturated carbocycles. The fourth-order valence-electron chi connectivity index (χ4n) is 4.62. The molecule has 2 heterocycles. The van der Waals surface area contributed by atoms with Crippen LogP contribution in [-0.4, -0.2) is 37.9 Å². The van der Waals surface area contributed by atoms with Crippen molar-refractivity contribution in [2.24, 2.45) is 28.8 Å². The van der Waals surface area contributed by atoms with Gasteiger partial charge >= 0.3 is 5.69 Å². The number of aromatic nitrogens is 1. The number of hydrazone groups is 1. The Kier molecular flexibility index (Phi) is 4.69. The highest BCUT2D eigenvalue weighted by molar-refractivity contribution is 6.06. The number of imide groups is 1. The Morgan fingerprint density at radius 2 is 1.73 bits per heavy atom. The number of ether oxygens (including phenoxy) is 1. The maximum atomic E-state index is 12.7. The van der Waals surface area contributed by atoms with Gasteiger partial charge in [0.25, 0.3) is 17.5 Å². The normalized spacial score (nSPS) is 25.2. The summed E-state index contributed by atoms with van der Waals surface area (Å²) in [5, 5.41) is 27.1. The number of rotatable bonds is 6. The lowest BCUT2D eigenvalue weighted by atomic mass is 9.85. The first-order valence-corrected chi connectivity index (χ1v) is 10.0. The molecule has 2 fully saturated rings. The maximum absolute atomic E-state index is 12.7. The molecule has 5 rings (SSSR count). The number of fused-ring (bicyclic) bond motifs is 5. The summed E-state index contributed by atoms with van der Waals surface area (Å²) in [4.78, 5) is 50.1. The minimum atomic E-state index is -0.669. The molecule has 1 aliphatic heterocycles. The summed E-state index contributed by atoms with van der Waals surface area (Å²) in [5.74, 6) is -1.55. The minimum Gasteiger partial charge on any atom is -0.432 e.